The molecule has 0 spiro atoms. The van der Waals surface area contributed by atoms with Crippen LogP contribution in [0.15, 0.2) is 48.5 Å². The molecule has 0 unspecified atom stereocenters. The summed E-state index contributed by atoms with van der Waals surface area (Å²) in [5, 5.41) is 2.72. The third-order valence-electron chi connectivity index (χ3n) is 13.1. The van der Waals surface area contributed by atoms with Crippen LogP contribution in [-0.4, -0.2) is 70.4 Å². The maximum absolute atomic E-state index is 12.9. The number of carbonyl (C=O) groups excluding carboxylic acids is 4. The SMILES string of the molecule is COC(=O)CCc1c2[nH]c(c1C)/C(c1cccc(I)c1)=c1\[n-]/c(c(CCC(=O)OC)c1C)=C\c1[nH]c(c(C)c1CCC(=O)OC)/C(c1cccc(C#C[Si](C)(C)C)c1)=c1\[n-]/c(c(CCC(=O)OC)c1C)=C\2.[Zn+2]. The summed E-state index contributed by atoms with van der Waals surface area (Å²) in [6.45, 7) is 14.8. The number of carbonyl (C=O) groups is 4. The number of halogens is 1. The smallest absolute Gasteiger partial charge is 0.657 e. The number of H-pyrrole nitrogens is 2. The summed E-state index contributed by atoms with van der Waals surface area (Å²) < 4.78 is 21.7. The molecule has 2 aromatic carbocycles. The van der Waals surface area contributed by atoms with Crippen molar-refractivity contribution in [3.8, 4) is 11.5 Å². The zero-order valence-electron chi connectivity index (χ0n) is 43.2. The van der Waals surface area contributed by atoms with Crippen LogP contribution in [0.5, 0.6) is 0 Å². The van der Waals surface area contributed by atoms with Gasteiger partial charge in [-0.3, -0.25) is 19.2 Å². The van der Waals surface area contributed by atoms with E-state index in [0.717, 1.165) is 98.7 Å². The van der Waals surface area contributed by atoms with Crippen LogP contribution in [-0.2, 0) is 83.3 Å². The van der Waals surface area contributed by atoms with Gasteiger partial charge in [0.15, 0.2) is 0 Å². The van der Waals surface area contributed by atoms with Gasteiger partial charge in [0.05, 0.1) is 28.4 Å². The Morgan fingerprint density at radius 3 is 1.35 bits per heavy atom. The van der Waals surface area contributed by atoms with Gasteiger partial charge < -0.3 is 38.9 Å². The molecule has 6 aromatic rings. The second-order valence-corrected chi connectivity index (χ2v) is 24.9. The molecule has 72 heavy (non-hydrogen) atoms. The number of esters is 4. The Hall–Kier alpha value is -5.95. The first-order valence-corrected chi connectivity index (χ1v) is 28.3. The molecule has 1 aliphatic heterocycles. The number of hydrogen-bond acceptors (Lipinski definition) is 8. The summed E-state index contributed by atoms with van der Waals surface area (Å²) in [6, 6.07) is 16.4. The number of aromatic nitrogens is 4. The fraction of sp³-hybridized carbons (Fsp3) is 0.333. The molecule has 0 aliphatic carbocycles. The van der Waals surface area contributed by atoms with Crippen LogP contribution in [0.1, 0.15) is 110 Å². The minimum absolute atomic E-state index is 0. The van der Waals surface area contributed by atoms with Crippen molar-refractivity contribution in [3.05, 3.63) is 157 Å². The molecule has 0 radical (unpaired) electrons. The van der Waals surface area contributed by atoms with E-state index in [1.54, 1.807) is 0 Å². The van der Waals surface area contributed by atoms with Crippen LogP contribution in [0.2, 0.25) is 19.6 Å². The molecular weight excluding hydrogens is 1090 g/mol. The van der Waals surface area contributed by atoms with Gasteiger partial charge in [0, 0.05) is 57.6 Å². The molecule has 370 valence electrons. The first-order valence-electron chi connectivity index (χ1n) is 23.7. The van der Waals surface area contributed by atoms with Gasteiger partial charge in [-0.1, -0.05) is 84.2 Å². The Balaban J connectivity index is 0.00000847. The molecule has 7 rings (SSSR count). The second-order valence-electron chi connectivity index (χ2n) is 18.9. The van der Waals surface area contributed by atoms with Crippen LogP contribution in [0, 0.1) is 42.7 Å². The molecule has 2 N–H and O–H groups in total. The Labute approximate surface area is 448 Å². The van der Waals surface area contributed by atoms with Crippen LogP contribution in [0.3, 0.4) is 0 Å². The van der Waals surface area contributed by atoms with E-state index < -0.39 is 8.07 Å². The van der Waals surface area contributed by atoms with E-state index >= 15 is 0 Å². The summed E-state index contributed by atoms with van der Waals surface area (Å²) in [7, 11) is 3.81. The molecular formula is C57H61IN4O8SiZn. The van der Waals surface area contributed by atoms with E-state index in [1.807, 2.05) is 50.3 Å². The van der Waals surface area contributed by atoms with E-state index in [4.69, 9.17) is 28.9 Å². The van der Waals surface area contributed by atoms with Gasteiger partial charge in [-0.05, 0) is 145 Å². The fourth-order valence-corrected chi connectivity index (χ4v) is 10.4. The quantitative estimate of drug-likeness (QED) is 0.0421. The van der Waals surface area contributed by atoms with Crippen molar-refractivity contribution in [1.82, 2.24) is 19.9 Å². The summed E-state index contributed by atoms with van der Waals surface area (Å²) in [6.07, 6.45) is 5.98. The molecule has 15 heteroatoms. The van der Waals surface area contributed by atoms with Crippen molar-refractivity contribution >= 4 is 77.8 Å². The molecule has 0 saturated heterocycles. The van der Waals surface area contributed by atoms with Crippen LogP contribution in [0.4, 0.5) is 0 Å². The zero-order valence-corrected chi connectivity index (χ0v) is 49.3. The van der Waals surface area contributed by atoms with Crippen molar-refractivity contribution in [3.63, 3.8) is 0 Å². The number of nitrogens with zero attached hydrogens (tertiary/aromatic N) is 2. The number of fused-ring (bicyclic) bond motifs is 8. The second kappa shape index (κ2) is 23.7. The van der Waals surface area contributed by atoms with E-state index in [0.29, 0.717) is 47.1 Å². The molecule has 8 bridgehead atoms. The summed E-state index contributed by atoms with van der Waals surface area (Å²) in [4.78, 5) is 70.3. The van der Waals surface area contributed by atoms with Crippen LogP contribution in [0.25, 0.3) is 23.3 Å². The third-order valence-corrected chi connectivity index (χ3v) is 14.7. The fourth-order valence-electron chi connectivity index (χ4n) is 9.32. The van der Waals surface area contributed by atoms with Crippen molar-refractivity contribution < 1.29 is 57.6 Å². The van der Waals surface area contributed by atoms with Gasteiger partial charge in [-0.2, -0.15) is 0 Å². The number of methoxy groups -OCH3 is 4. The average molecular weight is 1150 g/mol. The maximum Gasteiger partial charge on any atom is 2.00 e. The van der Waals surface area contributed by atoms with Gasteiger partial charge in [0.1, 0.15) is 8.07 Å². The van der Waals surface area contributed by atoms with Crippen molar-refractivity contribution in [1.29, 1.82) is 0 Å². The number of rotatable bonds is 14. The minimum atomic E-state index is -1.75. The molecule has 0 atom stereocenters. The van der Waals surface area contributed by atoms with Crippen molar-refractivity contribution in [2.45, 2.75) is 98.7 Å². The number of benzene rings is 2. The first kappa shape index (κ1) is 55.4. The first-order chi connectivity index (χ1) is 33.9. The number of hydrogen-bond donors (Lipinski definition) is 2. The molecule has 1 aliphatic rings. The number of ether oxygens (including phenoxy) is 4. The number of aromatic amines is 2. The molecule has 0 amide bonds. The predicted molar refractivity (Wildman–Crippen MR) is 286 cm³/mol. The van der Waals surface area contributed by atoms with Gasteiger partial charge in [-0.15, -0.1) is 26.9 Å². The van der Waals surface area contributed by atoms with E-state index in [2.05, 4.69) is 102 Å². The van der Waals surface area contributed by atoms with Gasteiger partial charge in [0.25, 0.3) is 0 Å². The molecule has 0 fully saturated rings. The molecule has 4 aromatic heterocycles. The predicted octanol–water partition coefficient (Wildman–Crippen LogP) is 6.21. The topological polar surface area (TPSA) is 165 Å². The van der Waals surface area contributed by atoms with Gasteiger partial charge >= 0.3 is 43.4 Å². The maximum atomic E-state index is 12.9. The normalized spacial score (nSPS) is 14.4. The van der Waals surface area contributed by atoms with E-state index in [9.17, 15) is 19.2 Å². The van der Waals surface area contributed by atoms with Crippen molar-refractivity contribution in [2.24, 2.45) is 0 Å². The Bertz CT molecular complexity index is 3410. The van der Waals surface area contributed by atoms with Crippen LogP contribution < -0.4 is 31.4 Å². The molecule has 12 nitrogen and oxygen atoms in total. The van der Waals surface area contributed by atoms with Gasteiger partial charge in [-0.25, -0.2) is 0 Å². The Kier molecular flexibility index (Phi) is 18.2. The third kappa shape index (κ3) is 12.3. The zero-order chi connectivity index (χ0) is 51.3. The summed E-state index contributed by atoms with van der Waals surface area (Å²) in [5.41, 5.74) is 18.0. The van der Waals surface area contributed by atoms with Crippen LogP contribution >= 0.6 is 22.6 Å². The largest absolute Gasteiger partial charge is 2.00 e. The average Bonchev–Trinajstić information content (AvgIpc) is 4.03. The molecule has 5 heterocycles. The van der Waals surface area contributed by atoms with E-state index in [-0.39, 0.29) is 69.0 Å². The number of nitrogens with one attached hydrogen (secondary N) is 2. The molecule has 0 saturated carbocycles. The van der Waals surface area contributed by atoms with Crippen molar-refractivity contribution in [2.75, 3.05) is 28.4 Å². The monoisotopic (exact) mass is 1150 g/mol. The summed E-state index contributed by atoms with van der Waals surface area (Å²) >= 11 is 2.32. The Morgan fingerprint density at radius 1 is 0.569 bits per heavy atom. The minimum Gasteiger partial charge on any atom is -0.657 e. The van der Waals surface area contributed by atoms with Gasteiger partial charge in [0.2, 0.25) is 0 Å². The Morgan fingerprint density at radius 2 is 0.958 bits per heavy atom. The standard InChI is InChI=1S/C57H61IN4O8Si.Zn/c1-32-40(18-22-48(63)67-5)44-30-46-42(20-24-50(65)69-7)34(3)56(61-46)53(38-16-13-17-39(58)29-38)57-35(4)43(21-25-51(66)70-8)47(62-57)31-45-41(19-23-49(64)68-6)33(2)55(60-45)52(54(32)59-44)37-15-12-14-36(28-37)26-27-71(9,10)11;/h12-17,28-31,59,62H,18-25H2,1-11H3;/q-2;+2/b44-30?,45-31-,46-30-,47-31?,54-52?,55-52-,56-53-,57-53?;. The van der Waals surface area contributed by atoms with E-state index in [1.165, 1.54) is 28.4 Å². The summed E-state index contributed by atoms with van der Waals surface area (Å²) in [5.74, 6) is 2.08.